The smallest absolute Gasteiger partial charge is 0.335 e. The number of fused-ring (bicyclic) bond motifs is 4. The number of allylic oxidation sites excluding steroid dienone is 2. The number of halogens is 7. The summed E-state index contributed by atoms with van der Waals surface area (Å²) in [5.74, 6) is -24.0. The SMILES string of the molecule is O=C(O)c1cccc(N2C(=O)[C@H]3[C@H](CC=C4[C@H]3C[C@@]3(Cl)C(=O)N(c5c(F)c(F)c(F)c(F)c5F)C(=O)[C@@]3(Cl)[C@H]4c3cccc(O)c3)C2=O)c1. The third-order valence-corrected chi connectivity index (χ3v) is 11.2. The first-order valence-corrected chi connectivity index (χ1v) is 15.3. The van der Waals surface area contributed by atoms with Crippen molar-refractivity contribution in [2.75, 3.05) is 9.80 Å². The molecule has 0 bridgehead atoms. The second-order valence-corrected chi connectivity index (χ2v) is 13.4. The van der Waals surface area contributed by atoms with Gasteiger partial charge in [0.2, 0.25) is 17.6 Å². The number of carboxylic acid groups (broad SMARTS) is 1. The van der Waals surface area contributed by atoms with Crippen molar-refractivity contribution in [1.82, 2.24) is 0 Å². The molecular weight excluding hydrogens is 702 g/mol. The highest BCUT2D eigenvalue weighted by molar-refractivity contribution is 6.58. The first kappa shape index (κ1) is 32.7. The van der Waals surface area contributed by atoms with Gasteiger partial charge in [0.05, 0.1) is 23.1 Å². The lowest BCUT2D eigenvalue weighted by atomic mass is 9.56. The summed E-state index contributed by atoms with van der Waals surface area (Å²) >= 11 is 14.1. The van der Waals surface area contributed by atoms with Crippen molar-refractivity contribution in [2.24, 2.45) is 17.8 Å². The van der Waals surface area contributed by atoms with Crippen LogP contribution in [0.1, 0.15) is 34.7 Å². The van der Waals surface area contributed by atoms with Crippen molar-refractivity contribution >= 4 is 64.2 Å². The Morgan fingerprint density at radius 2 is 1.43 bits per heavy atom. The maximum absolute atomic E-state index is 15.1. The molecule has 4 amide bonds. The molecule has 2 N–H and O–H groups in total. The van der Waals surface area contributed by atoms with Crippen molar-refractivity contribution < 1.29 is 56.1 Å². The standard InChI is InChI=1S/C33H19Cl2F5N2O7/c34-32-11-18-16(7-8-17-19(18)28(45)41(27(17)44)14-5-1-4-13(9-14)29(46)47)20(12-3-2-6-15(43)10-12)33(32,35)31(49)42(30(32)48)26-24(39)22(37)21(36)23(38)25(26)40/h1-7,9-10,17-20,43H,8,11H2,(H,46,47)/t17-,18+,19-,20-,32+,33-/m0/s1. The largest absolute Gasteiger partial charge is 0.508 e. The van der Waals surface area contributed by atoms with Gasteiger partial charge in [0.25, 0.3) is 11.8 Å². The average molecular weight is 721 g/mol. The zero-order chi connectivity index (χ0) is 35.5. The number of aromatic carboxylic acids is 1. The first-order chi connectivity index (χ1) is 23.1. The number of carboxylic acids is 1. The number of nitrogens with zero attached hydrogens (tertiary/aromatic N) is 2. The lowest BCUT2D eigenvalue weighted by Crippen LogP contribution is -2.60. The highest BCUT2D eigenvalue weighted by atomic mass is 35.5. The zero-order valence-corrected chi connectivity index (χ0v) is 25.9. The van der Waals surface area contributed by atoms with E-state index in [-0.39, 0.29) is 39.5 Å². The Kier molecular flexibility index (Phi) is 7.24. The fourth-order valence-electron chi connectivity index (χ4n) is 7.68. The Morgan fingerprint density at radius 3 is 2.06 bits per heavy atom. The van der Waals surface area contributed by atoms with Crippen molar-refractivity contribution in [1.29, 1.82) is 0 Å². The molecule has 2 aliphatic heterocycles. The zero-order valence-electron chi connectivity index (χ0n) is 24.4. The summed E-state index contributed by atoms with van der Waals surface area (Å²) < 4.78 is 72.9. The quantitative estimate of drug-likeness (QED) is 0.0902. The van der Waals surface area contributed by atoms with Gasteiger partial charge < -0.3 is 10.2 Å². The highest BCUT2D eigenvalue weighted by Crippen LogP contribution is 2.66. The van der Waals surface area contributed by atoms with Crippen molar-refractivity contribution in [3.05, 3.63) is 100 Å². The second-order valence-electron chi connectivity index (χ2n) is 12.2. The molecule has 2 heterocycles. The Hall–Kier alpha value is -4.82. The molecule has 9 nitrogen and oxygen atoms in total. The molecule has 3 fully saturated rings. The molecule has 4 aliphatic rings. The number of benzene rings is 3. The normalized spacial score (nSPS) is 29.2. The van der Waals surface area contributed by atoms with Crippen LogP contribution in [0, 0.1) is 46.8 Å². The fraction of sp³-hybridized carbons (Fsp3) is 0.242. The van der Waals surface area contributed by atoms with Crippen molar-refractivity contribution in [3.8, 4) is 5.75 Å². The number of imide groups is 2. The number of carbonyl (C=O) groups is 5. The Morgan fingerprint density at radius 1 is 0.796 bits per heavy atom. The maximum Gasteiger partial charge on any atom is 0.335 e. The van der Waals surface area contributed by atoms with Gasteiger partial charge in [-0.05, 0) is 54.7 Å². The molecule has 6 atom stereocenters. The number of aromatic hydroxyl groups is 1. The van der Waals surface area contributed by atoms with Crippen LogP contribution >= 0.6 is 23.2 Å². The van der Waals surface area contributed by atoms with E-state index in [0.717, 1.165) is 17.0 Å². The van der Waals surface area contributed by atoms with E-state index in [1.54, 1.807) is 0 Å². The van der Waals surface area contributed by atoms with E-state index in [1.165, 1.54) is 42.5 Å². The van der Waals surface area contributed by atoms with E-state index in [2.05, 4.69) is 0 Å². The molecule has 0 radical (unpaired) electrons. The molecule has 0 spiro atoms. The van der Waals surface area contributed by atoms with Crippen LogP contribution in [0.4, 0.5) is 33.3 Å². The first-order valence-electron chi connectivity index (χ1n) is 14.5. The highest BCUT2D eigenvalue weighted by Gasteiger charge is 2.77. The number of phenolic OH excluding ortho intramolecular Hbond substituents is 1. The molecule has 0 unspecified atom stereocenters. The van der Waals surface area contributed by atoms with Gasteiger partial charge in [-0.2, -0.15) is 0 Å². The van der Waals surface area contributed by atoms with Crippen LogP contribution in [0.15, 0.2) is 60.2 Å². The van der Waals surface area contributed by atoms with E-state index in [4.69, 9.17) is 23.2 Å². The second kappa shape index (κ2) is 10.8. The molecule has 1 saturated carbocycles. The van der Waals surface area contributed by atoms with Gasteiger partial charge in [-0.15, -0.1) is 23.2 Å². The maximum atomic E-state index is 15.1. The molecule has 2 aliphatic carbocycles. The average Bonchev–Trinajstić information content (AvgIpc) is 3.41. The Balaban J connectivity index is 1.41. The molecule has 2 saturated heterocycles. The monoisotopic (exact) mass is 720 g/mol. The van der Waals surface area contributed by atoms with Crippen LogP contribution in [0.25, 0.3) is 0 Å². The van der Waals surface area contributed by atoms with Gasteiger partial charge in [0.1, 0.15) is 11.4 Å². The molecule has 7 rings (SSSR count). The third-order valence-electron chi connectivity index (χ3n) is 9.78. The predicted molar refractivity (Wildman–Crippen MR) is 160 cm³/mol. The van der Waals surface area contributed by atoms with Gasteiger partial charge in [-0.3, -0.25) is 24.1 Å². The van der Waals surface area contributed by atoms with E-state index < -0.39 is 104 Å². The molecular formula is C33H19Cl2F5N2O7. The minimum atomic E-state index is -2.73. The van der Waals surface area contributed by atoms with Gasteiger partial charge in [0, 0.05) is 5.92 Å². The van der Waals surface area contributed by atoms with E-state index in [9.17, 15) is 47.4 Å². The van der Waals surface area contributed by atoms with Crippen LogP contribution in [0.2, 0.25) is 0 Å². The summed E-state index contributed by atoms with van der Waals surface area (Å²) in [6.07, 6.45) is 0.679. The summed E-state index contributed by atoms with van der Waals surface area (Å²) in [5, 5.41) is 19.8. The summed E-state index contributed by atoms with van der Waals surface area (Å²) in [6.45, 7) is 0. The number of phenols is 1. The number of amides is 4. The number of hydrogen-bond acceptors (Lipinski definition) is 6. The van der Waals surface area contributed by atoms with Gasteiger partial charge in [-0.1, -0.05) is 29.8 Å². The number of alkyl halides is 2. The minimum absolute atomic E-state index is 0.0395. The summed E-state index contributed by atoms with van der Waals surface area (Å²) in [5.41, 5.74) is -1.94. The van der Waals surface area contributed by atoms with Crippen LogP contribution in [-0.4, -0.2) is 49.6 Å². The van der Waals surface area contributed by atoms with Crippen molar-refractivity contribution in [2.45, 2.75) is 28.5 Å². The molecule has 3 aromatic rings. The number of carbonyl (C=O) groups excluding carboxylic acids is 4. The Labute approximate surface area is 282 Å². The number of hydrogen-bond donors (Lipinski definition) is 2. The van der Waals surface area contributed by atoms with Gasteiger partial charge in [-0.25, -0.2) is 31.6 Å². The molecule has 16 heteroatoms. The molecule has 0 aromatic heterocycles. The molecule has 252 valence electrons. The molecule has 3 aromatic carbocycles. The topological polar surface area (TPSA) is 132 Å². The van der Waals surface area contributed by atoms with E-state index >= 15 is 8.78 Å². The molecule has 49 heavy (non-hydrogen) atoms. The van der Waals surface area contributed by atoms with E-state index in [0.29, 0.717) is 0 Å². The lowest BCUT2D eigenvalue weighted by Gasteiger charge is -2.50. The summed E-state index contributed by atoms with van der Waals surface area (Å²) in [6, 6.07) is 10.2. The van der Waals surface area contributed by atoms with Crippen molar-refractivity contribution in [3.63, 3.8) is 0 Å². The summed E-state index contributed by atoms with van der Waals surface area (Å²) in [4.78, 5) is 62.9. The van der Waals surface area contributed by atoms with Gasteiger partial charge in [0.15, 0.2) is 33.0 Å². The number of rotatable bonds is 4. The third kappa shape index (κ3) is 4.19. The number of anilines is 2. The minimum Gasteiger partial charge on any atom is -0.508 e. The fourth-order valence-corrected chi connectivity index (χ4v) is 8.61. The van der Waals surface area contributed by atoms with E-state index in [1.807, 2.05) is 0 Å². The van der Waals surface area contributed by atoms with Gasteiger partial charge >= 0.3 is 5.97 Å². The van der Waals surface area contributed by atoms with Crippen LogP contribution in [0.3, 0.4) is 0 Å². The Bertz CT molecular complexity index is 2080. The lowest BCUT2D eigenvalue weighted by molar-refractivity contribution is -0.125. The van der Waals surface area contributed by atoms with Crippen LogP contribution in [-0.2, 0) is 19.2 Å². The van der Waals surface area contributed by atoms with Crippen LogP contribution in [0.5, 0.6) is 5.75 Å². The van der Waals surface area contributed by atoms with Crippen LogP contribution < -0.4 is 9.80 Å². The summed E-state index contributed by atoms with van der Waals surface area (Å²) in [7, 11) is 0. The predicted octanol–water partition coefficient (Wildman–Crippen LogP) is 5.55.